The Hall–Kier alpha value is -8.36. The Morgan fingerprint density at radius 1 is 0.440 bits per heavy atom. The van der Waals surface area contributed by atoms with Gasteiger partial charge in [0, 0.05) is 74.0 Å². The van der Waals surface area contributed by atoms with Gasteiger partial charge in [0.05, 0.1) is 65.7 Å². The number of ether oxygens (including phenoxy) is 2. The molecule has 6 aromatic carbocycles. The van der Waals surface area contributed by atoms with E-state index in [9.17, 15) is 30.4 Å². The predicted octanol–water partition coefficient (Wildman–Crippen LogP) is 17.5. The highest BCUT2D eigenvalue weighted by Gasteiger charge is 2.13. The van der Waals surface area contributed by atoms with Gasteiger partial charge in [-0.15, -0.1) is 5.11 Å². The van der Waals surface area contributed by atoms with Crippen molar-refractivity contribution in [1.29, 1.82) is 0 Å². The third-order valence-electron chi connectivity index (χ3n) is 13.7. The summed E-state index contributed by atoms with van der Waals surface area (Å²) in [5, 5.41) is 69.3. The number of aliphatic hydroxyl groups excluding tert-OH is 2. The second-order valence-electron chi connectivity index (χ2n) is 20.1. The molecule has 6 aromatic rings. The summed E-state index contributed by atoms with van der Waals surface area (Å²) in [7, 11) is 3.06. The number of nitro benzene ring substituents is 2. The summed E-state index contributed by atoms with van der Waals surface area (Å²) in [6.45, 7) is 11.9. The molecule has 0 aliphatic rings. The van der Waals surface area contributed by atoms with Gasteiger partial charge in [0.25, 0.3) is 11.4 Å². The molecule has 0 aromatic heterocycles. The lowest BCUT2D eigenvalue weighted by Gasteiger charge is -2.24. The SMILES string of the molecule is CCCCCCCCCCN(CCO)c1ccc(N=Nc2cc(C)c(N=Nc3ccc([N+](=O)[O-])cc3)cc2OC)cc1.CCCCCCCCCCN(CCO)c1ccccc1.COc1cc(N=Nc2ccc([N+](=O)[O-])cc2)c(C)cc1N=[NH2+]. The topological polar surface area (TPSA) is 264 Å². The molecule has 0 aliphatic heterocycles. The van der Waals surface area contributed by atoms with Crippen molar-refractivity contribution in [3.05, 3.63) is 159 Å². The molecule has 0 unspecified atom stereocenters. The van der Waals surface area contributed by atoms with E-state index in [2.05, 4.69) is 83.7 Å². The molecule has 4 N–H and O–H groups in total. The van der Waals surface area contributed by atoms with Gasteiger partial charge in [-0.25, -0.2) is 0 Å². The fourth-order valence-corrected chi connectivity index (χ4v) is 8.89. The van der Waals surface area contributed by atoms with Crippen molar-refractivity contribution < 1.29 is 35.1 Å². The van der Waals surface area contributed by atoms with Crippen molar-refractivity contribution in [2.75, 3.05) is 63.4 Å². The van der Waals surface area contributed by atoms with Crippen LogP contribution in [0.15, 0.2) is 163 Å². The monoisotopic (exact) mass is 1150 g/mol. The molecule has 0 amide bonds. The zero-order chi connectivity index (χ0) is 60.7. The maximum absolute atomic E-state index is 10.8. The molecule has 0 bridgehead atoms. The van der Waals surface area contributed by atoms with E-state index in [1.165, 1.54) is 146 Å². The van der Waals surface area contributed by atoms with Crippen LogP contribution < -0.4 is 24.8 Å². The molecule has 450 valence electrons. The molecule has 0 radical (unpaired) electrons. The maximum atomic E-state index is 10.8. The van der Waals surface area contributed by atoms with Crippen LogP contribution in [-0.2, 0) is 0 Å². The van der Waals surface area contributed by atoms with E-state index >= 15 is 0 Å². The van der Waals surface area contributed by atoms with E-state index in [-0.39, 0.29) is 24.6 Å². The van der Waals surface area contributed by atoms with Crippen LogP contribution in [0.1, 0.15) is 128 Å². The van der Waals surface area contributed by atoms with Crippen LogP contribution >= 0.6 is 0 Å². The predicted molar refractivity (Wildman–Crippen MR) is 335 cm³/mol. The molecule has 6 rings (SSSR count). The lowest BCUT2D eigenvalue weighted by molar-refractivity contribution is -0.385. The highest BCUT2D eigenvalue weighted by atomic mass is 16.6. The lowest BCUT2D eigenvalue weighted by Crippen LogP contribution is -2.27. The van der Waals surface area contributed by atoms with Crippen LogP contribution in [0.25, 0.3) is 0 Å². The Labute approximate surface area is 495 Å². The summed E-state index contributed by atoms with van der Waals surface area (Å²) >= 11 is 0. The Kier molecular flexibility index (Phi) is 32.4. The zero-order valence-corrected chi connectivity index (χ0v) is 50.0. The molecule has 0 atom stereocenters. The zero-order valence-electron chi connectivity index (χ0n) is 50.0. The van der Waals surface area contributed by atoms with Crippen molar-refractivity contribution in [1.82, 2.24) is 0 Å². The van der Waals surface area contributed by atoms with E-state index in [4.69, 9.17) is 15.0 Å². The van der Waals surface area contributed by atoms with Crippen molar-refractivity contribution >= 4 is 62.6 Å². The number of methoxy groups -OCH3 is 2. The van der Waals surface area contributed by atoms with Crippen LogP contribution in [0.3, 0.4) is 0 Å². The first-order chi connectivity index (χ1) is 40.9. The minimum absolute atomic E-state index is 0.00237. The molecule has 0 heterocycles. The lowest BCUT2D eigenvalue weighted by atomic mass is 10.1. The normalized spacial score (nSPS) is 11.0. The Bertz CT molecular complexity index is 2940. The summed E-state index contributed by atoms with van der Waals surface area (Å²) < 4.78 is 10.7. The molecule has 84 heavy (non-hydrogen) atoms. The molecular formula is C64H87N12O8+. The standard InChI is InChI=1S/C32H42N6O4.C18H31NO.C14H13N5O3/c1-4-5-6-7-8-9-10-11-20-37(21-22-39)28-16-12-26(13-17-28)34-36-31-23-25(2)30(24-32(31)42-3)35-33-27-14-18-29(19-15-27)38(40)41;1-2-3-4-5-6-7-8-12-15-19(16-17-20)18-13-10-9-11-14-18;1-9-7-13(16-15)14(22-2)8-12(9)18-17-10-3-5-11(6-4-10)19(20)21/h12-19,23-24,39H,4-11,20-22H2,1-3H3;9-11,13-14,20H,2-8,12,15-17H2,1H3;3-8,15H,1-2H3/p+1. The number of hydrogen-bond donors (Lipinski definition) is 3. The van der Waals surface area contributed by atoms with E-state index in [1.54, 1.807) is 37.4 Å². The molecular weight excluding hydrogens is 1060 g/mol. The second-order valence-corrected chi connectivity index (χ2v) is 20.1. The number of aryl methyl sites for hydroxylation is 2. The van der Waals surface area contributed by atoms with Gasteiger partial charge in [0.15, 0.2) is 11.4 Å². The Morgan fingerprint density at radius 3 is 1.15 bits per heavy atom. The fourth-order valence-electron chi connectivity index (χ4n) is 8.89. The summed E-state index contributed by atoms with van der Waals surface area (Å²) in [5.41, 5.74) is 13.2. The van der Waals surface area contributed by atoms with E-state index in [0.717, 1.165) is 42.9 Å². The molecule has 0 spiro atoms. The third kappa shape index (κ3) is 25.0. The first-order valence-electron chi connectivity index (χ1n) is 29.3. The van der Waals surface area contributed by atoms with Gasteiger partial charge in [-0.1, -0.05) is 122 Å². The van der Waals surface area contributed by atoms with Gasteiger partial charge in [-0.05, 0) is 116 Å². The number of nitro groups is 2. The molecule has 0 saturated heterocycles. The van der Waals surface area contributed by atoms with Gasteiger partial charge in [-0.2, -0.15) is 31.1 Å². The van der Waals surface area contributed by atoms with E-state index < -0.39 is 9.85 Å². The summed E-state index contributed by atoms with van der Waals surface area (Å²) in [6.07, 6.45) is 20.9. The number of nitrogens with two attached hydrogens (primary N) is 1. The van der Waals surface area contributed by atoms with Crippen LogP contribution in [0.2, 0.25) is 0 Å². The van der Waals surface area contributed by atoms with Crippen LogP contribution in [0.5, 0.6) is 11.5 Å². The van der Waals surface area contributed by atoms with Crippen molar-refractivity contribution in [3.8, 4) is 11.5 Å². The average molecular weight is 1150 g/mol. The van der Waals surface area contributed by atoms with Crippen LogP contribution in [-0.4, -0.2) is 73.7 Å². The number of azo groups is 3. The number of hydrogen-bond acceptors (Lipinski definition) is 17. The summed E-state index contributed by atoms with van der Waals surface area (Å²) in [6, 6.07) is 36.9. The minimum Gasteiger partial charge on any atom is -0.494 e. The van der Waals surface area contributed by atoms with Crippen LogP contribution in [0, 0.1) is 34.1 Å². The first kappa shape index (κ1) is 68.1. The highest BCUT2D eigenvalue weighted by Crippen LogP contribution is 2.38. The van der Waals surface area contributed by atoms with Gasteiger partial charge >= 0.3 is 0 Å². The molecule has 0 saturated carbocycles. The fraction of sp³-hybridized carbons (Fsp3) is 0.438. The van der Waals surface area contributed by atoms with Crippen molar-refractivity contribution in [2.45, 2.75) is 130 Å². The van der Waals surface area contributed by atoms with E-state index in [1.807, 2.05) is 50.2 Å². The number of anilines is 2. The minimum atomic E-state index is -0.467. The maximum Gasteiger partial charge on any atom is 0.269 e. The van der Waals surface area contributed by atoms with Crippen LogP contribution in [0.4, 0.5) is 62.6 Å². The molecule has 0 aliphatic carbocycles. The number of unbranched alkanes of at least 4 members (excludes halogenated alkanes) is 14. The quantitative estimate of drug-likeness (QED) is 0.0147. The Morgan fingerprint density at radius 2 is 0.786 bits per heavy atom. The van der Waals surface area contributed by atoms with Gasteiger partial charge in [0.1, 0.15) is 11.4 Å². The largest absolute Gasteiger partial charge is 0.494 e. The smallest absolute Gasteiger partial charge is 0.269 e. The summed E-state index contributed by atoms with van der Waals surface area (Å²) in [4.78, 5) is 25.0. The molecule has 0 fully saturated rings. The van der Waals surface area contributed by atoms with Gasteiger partial charge < -0.3 is 29.5 Å². The average Bonchev–Trinajstić information content (AvgIpc) is 3.71. The van der Waals surface area contributed by atoms with Crippen molar-refractivity contribution in [2.24, 2.45) is 35.8 Å². The number of para-hydroxylation sites is 1. The summed E-state index contributed by atoms with van der Waals surface area (Å²) in [5.74, 6) is 0.990. The number of nitrogens with zero attached hydrogens (tertiary/aromatic N) is 11. The number of rotatable bonds is 35. The highest BCUT2D eigenvalue weighted by molar-refractivity contribution is 5.64. The number of non-ortho nitro benzene ring substituents is 2. The number of aliphatic hydroxyl groups is 2. The second kappa shape index (κ2) is 40.0. The van der Waals surface area contributed by atoms with Crippen molar-refractivity contribution in [3.63, 3.8) is 0 Å². The van der Waals surface area contributed by atoms with Gasteiger partial charge in [0.2, 0.25) is 0 Å². The molecule has 20 nitrogen and oxygen atoms in total. The number of benzene rings is 6. The third-order valence-corrected chi connectivity index (χ3v) is 13.7. The van der Waals surface area contributed by atoms with Gasteiger partial charge in [-0.3, -0.25) is 20.2 Å². The Balaban J connectivity index is 0.000000301. The first-order valence-corrected chi connectivity index (χ1v) is 29.3. The van der Waals surface area contributed by atoms with E-state index in [0.29, 0.717) is 57.9 Å². The molecule has 20 heteroatoms.